The van der Waals surface area contributed by atoms with E-state index in [0.717, 1.165) is 29.0 Å². The number of ether oxygens (including phenoxy) is 1. The molecular formula is C17H19BrN4O3. The number of amides is 2. The van der Waals surface area contributed by atoms with Gasteiger partial charge in [-0.05, 0) is 40.5 Å². The van der Waals surface area contributed by atoms with E-state index in [1.54, 1.807) is 0 Å². The third kappa shape index (κ3) is 4.83. The first kappa shape index (κ1) is 17.5. The van der Waals surface area contributed by atoms with Crippen molar-refractivity contribution < 1.29 is 13.9 Å². The van der Waals surface area contributed by atoms with Crippen LogP contribution in [0.1, 0.15) is 11.3 Å². The number of halogens is 1. The molecule has 0 saturated carbocycles. The number of morpholine rings is 1. The van der Waals surface area contributed by atoms with Crippen molar-refractivity contribution in [2.24, 2.45) is 5.10 Å². The highest BCUT2D eigenvalue weighted by molar-refractivity contribution is 9.10. The molecule has 3 rings (SSSR count). The molecule has 7 nitrogen and oxygen atoms in total. The highest BCUT2D eigenvalue weighted by Crippen LogP contribution is 2.30. The van der Waals surface area contributed by atoms with E-state index in [1.165, 1.54) is 6.21 Å². The normalized spacial score (nSPS) is 14.7. The molecule has 8 heteroatoms. The molecule has 2 heterocycles. The van der Waals surface area contributed by atoms with E-state index in [0.29, 0.717) is 24.7 Å². The summed E-state index contributed by atoms with van der Waals surface area (Å²) in [6, 6.07) is 8.93. The van der Waals surface area contributed by atoms with Gasteiger partial charge >= 0.3 is 6.03 Å². The first-order chi connectivity index (χ1) is 12.1. The summed E-state index contributed by atoms with van der Waals surface area (Å²) in [7, 11) is 0. The van der Waals surface area contributed by atoms with Crippen LogP contribution in [0.5, 0.6) is 0 Å². The second-order valence-electron chi connectivity index (χ2n) is 5.59. The third-order valence-corrected chi connectivity index (χ3v) is 4.19. The number of furan rings is 1. The molecule has 1 aromatic heterocycles. The Labute approximate surface area is 154 Å². The van der Waals surface area contributed by atoms with Gasteiger partial charge in [-0.25, -0.2) is 10.2 Å². The number of carbonyl (C=O) groups is 1. The van der Waals surface area contributed by atoms with E-state index in [2.05, 4.69) is 36.7 Å². The summed E-state index contributed by atoms with van der Waals surface area (Å²) in [6.07, 6.45) is 1.46. The number of urea groups is 1. The minimum absolute atomic E-state index is 0.416. The Morgan fingerprint density at radius 3 is 2.88 bits per heavy atom. The maximum Gasteiger partial charge on any atom is 0.339 e. The zero-order chi connectivity index (χ0) is 17.6. The number of hydrogen-bond donors (Lipinski definition) is 2. The second kappa shape index (κ2) is 8.17. The number of anilines is 2. The standard InChI is InChI=1S/C17H19BrN4O3/c1-12-3-2-4-13(9-12)20-17(23)21-19-11-14-10-15(18)16(25-14)22-5-7-24-8-6-22/h2-4,9-11H,5-8H2,1H3,(H2,20,21,23)/b19-11+. The lowest BCUT2D eigenvalue weighted by Crippen LogP contribution is -2.36. The molecule has 1 aliphatic heterocycles. The van der Waals surface area contributed by atoms with Crippen molar-refractivity contribution in [1.82, 2.24) is 5.43 Å². The van der Waals surface area contributed by atoms with Gasteiger partial charge < -0.3 is 19.4 Å². The fourth-order valence-corrected chi connectivity index (χ4v) is 3.02. The summed E-state index contributed by atoms with van der Waals surface area (Å²) in [4.78, 5) is 13.9. The van der Waals surface area contributed by atoms with Gasteiger partial charge in [0.2, 0.25) is 5.88 Å². The van der Waals surface area contributed by atoms with E-state index in [4.69, 9.17) is 9.15 Å². The molecule has 1 aromatic carbocycles. The maximum absolute atomic E-state index is 11.8. The van der Waals surface area contributed by atoms with Crippen LogP contribution in [-0.4, -0.2) is 38.5 Å². The quantitative estimate of drug-likeness (QED) is 0.602. The molecule has 0 aliphatic carbocycles. The van der Waals surface area contributed by atoms with Crippen LogP contribution in [0, 0.1) is 6.92 Å². The van der Waals surface area contributed by atoms with Crippen LogP contribution in [0.15, 0.2) is 44.3 Å². The lowest BCUT2D eigenvalue weighted by Gasteiger charge is -2.26. The Morgan fingerprint density at radius 1 is 1.32 bits per heavy atom. The predicted molar refractivity (Wildman–Crippen MR) is 100 cm³/mol. The lowest BCUT2D eigenvalue weighted by molar-refractivity contribution is 0.120. The van der Waals surface area contributed by atoms with Crippen LogP contribution < -0.4 is 15.6 Å². The largest absolute Gasteiger partial charge is 0.438 e. The van der Waals surface area contributed by atoms with Crippen LogP contribution in [0.3, 0.4) is 0 Å². The fourth-order valence-electron chi connectivity index (χ4n) is 2.46. The van der Waals surface area contributed by atoms with Crippen molar-refractivity contribution in [3.05, 3.63) is 46.1 Å². The molecule has 2 N–H and O–H groups in total. The molecule has 2 aromatic rings. The van der Waals surface area contributed by atoms with Gasteiger partial charge in [0, 0.05) is 24.8 Å². The Morgan fingerprint density at radius 2 is 2.12 bits per heavy atom. The monoisotopic (exact) mass is 406 g/mol. The molecule has 1 fully saturated rings. The van der Waals surface area contributed by atoms with Crippen molar-refractivity contribution in [2.75, 3.05) is 36.5 Å². The minimum atomic E-state index is -0.416. The average molecular weight is 407 g/mol. The predicted octanol–water partition coefficient (Wildman–Crippen LogP) is 3.34. The van der Waals surface area contributed by atoms with Crippen LogP contribution in [0.25, 0.3) is 0 Å². The molecule has 0 bridgehead atoms. The number of hydrogen-bond acceptors (Lipinski definition) is 5. The van der Waals surface area contributed by atoms with E-state index in [9.17, 15) is 4.79 Å². The van der Waals surface area contributed by atoms with Crippen LogP contribution >= 0.6 is 15.9 Å². The summed E-state index contributed by atoms with van der Waals surface area (Å²) < 4.78 is 12.0. The smallest absolute Gasteiger partial charge is 0.339 e. The Hall–Kier alpha value is -2.32. The number of hydrazone groups is 1. The van der Waals surface area contributed by atoms with Crippen LogP contribution in [0.4, 0.5) is 16.4 Å². The molecule has 0 spiro atoms. The van der Waals surface area contributed by atoms with Gasteiger partial charge in [-0.3, -0.25) is 0 Å². The van der Waals surface area contributed by atoms with Gasteiger partial charge in [-0.1, -0.05) is 12.1 Å². The van der Waals surface area contributed by atoms with E-state index < -0.39 is 6.03 Å². The summed E-state index contributed by atoms with van der Waals surface area (Å²) in [6.45, 7) is 4.87. The van der Waals surface area contributed by atoms with Crippen LogP contribution in [-0.2, 0) is 4.74 Å². The Kier molecular flexibility index (Phi) is 5.72. The second-order valence-corrected chi connectivity index (χ2v) is 6.45. The highest BCUT2D eigenvalue weighted by atomic mass is 79.9. The maximum atomic E-state index is 11.8. The van der Waals surface area contributed by atoms with Crippen molar-refractivity contribution in [2.45, 2.75) is 6.92 Å². The summed E-state index contributed by atoms with van der Waals surface area (Å²) in [5, 5.41) is 6.63. The molecule has 1 saturated heterocycles. The van der Waals surface area contributed by atoms with Gasteiger partial charge in [0.15, 0.2) is 5.76 Å². The Balaban J connectivity index is 1.56. The van der Waals surface area contributed by atoms with Gasteiger partial charge in [-0.15, -0.1) is 0 Å². The number of nitrogens with one attached hydrogen (secondary N) is 2. The van der Waals surface area contributed by atoms with Gasteiger partial charge in [0.1, 0.15) is 0 Å². The third-order valence-electron chi connectivity index (χ3n) is 3.62. The number of nitrogens with zero attached hydrogens (tertiary/aromatic N) is 2. The van der Waals surface area contributed by atoms with Crippen molar-refractivity contribution in [1.29, 1.82) is 0 Å². The lowest BCUT2D eigenvalue weighted by atomic mass is 10.2. The molecule has 25 heavy (non-hydrogen) atoms. The number of benzene rings is 1. The molecule has 132 valence electrons. The summed E-state index contributed by atoms with van der Waals surface area (Å²) >= 11 is 3.49. The number of carbonyl (C=O) groups excluding carboxylic acids is 1. The first-order valence-electron chi connectivity index (χ1n) is 7.90. The number of aryl methyl sites for hydroxylation is 1. The molecule has 1 aliphatic rings. The fraction of sp³-hybridized carbons (Fsp3) is 0.294. The summed E-state index contributed by atoms with van der Waals surface area (Å²) in [5.41, 5.74) is 4.20. The van der Waals surface area contributed by atoms with Gasteiger partial charge in [0.05, 0.1) is 23.9 Å². The number of rotatable bonds is 4. The highest BCUT2D eigenvalue weighted by Gasteiger charge is 2.18. The summed E-state index contributed by atoms with van der Waals surface area (Å²) in [5.74, 6) is 1.29. The van der Waals surface area contributed by atoms with E-state index in [-0.39, 0.29) is 0 Å². The zero-order valence-corrected chi connectivity index (χ0v) is 15.4. The average Bonchev–Trinajstić information content (AvgIpc) is 2.96. The van der Waals surface area contributed by atoms with E-state index in [1.807, 2.05) is 37.3 Å². The van der Waals surface area contributed by atoms with Gasteiger partial charge in [-0.2, -0.15) is 5.10 Å². The topological polar surface area (TPSA) is 79.1 Å². The molecular weight excluding hydrogens is 388 g/mol. The zero-order valence-electron chi connectivity index (χ0n) is 13.8. The van der Waals surface area contributed by atoms with Crippen molar-refractivity contribution in [3.63, 3.8) is 0 Å². The molecule has 0 radical (unpaired) electrons. The van der Waals surface area contributed by atoms with Gasteiger partial charge in [0.25, 0.3) is 0 Å². The van der Waals surface area contributed by atoms with Crippen LogP contribution in [0.2, 0.25) is 0 Å². The van der Waals surface area contributed by atoms with Crippen molar-refractivity contribution in [3.8, 4) is 0 Å². The molecule has 0 unspecified atom stereocenters. The minimum Gasteiger partial charge on any atom is -0.438 e. The van der Waals surface area contributed by atoms with E-state index >= 15 is 0 Å². The van der Waals surface area contributed by atoms with Crippen molar-refractivity contribution >= 4 is 39.7 Å². The first-order valence-corrected chi connectivity index (χ1v) is 8.70. The molecule has 0 atom stereocenters. The Bertz CT molecular complexity index is 769. The molecule has 2 amide bonds. The SMILES string of the molecule is Cc1cccc(NC(=O)N/N=C/c2cc(Br)c(N3CCOCC3)o2)c1.